The van der Waals surface area contributed by atoms with Crippen molar-refractivity contribution in [1.29, 1.82) is 0 Å². The number of hydrogen-bond donors (Lipinski definition) is 1. The topological polar surface area (TPSA) is 41.0 Å². The largest absolute Gasteiger partial charge is 0.278 e. The lowest BCUT2D eigenvalue weighted by Crippen LogP contribution is -1.79. The summed E-state index contributed by atoms with van der Waals surface area (Å²) in [5.41, 5.74) is 2.98. The lowest BCUT2D eigenvalue weighted by atomic mass is 10.2. The van der Waals surface area contributed by atoms with Gasteiger partial charge in [-0.3, -0.25) is 10.1 Å². The van der Waals surface area contributed by atoms with Crippen LogP contribution in [0.1, 0.15) is 13.8 Å². The van der Waals surface area contributed by atoms with E-state index >= 15 is 0 Å². The first-order chi connectivity index (χ1) is 6.66. The summed E-state index contributed by atoms with van der Waals surface area (Å²) in [7, 11) is 0. The van der Waals surface area contributed by atoms with Gasteiger partial charge < -0.3 is 0 Å². The highest BCUT2D eigenvalue weighted by Gasteiger charge is 2.03. The van der Waals surface area contributed by atoms with Gasteiger partial charge in [-0.25, -0.2) is 0 Å². The third-order valence-electron chi connectivity index (χ3n) is 1.85. The molecule has 0 fully saturated rings. The van der Waals surface area contributed by atoms with Gasteiger partial charge in [0.05, 0.1) is 17.4 Å². The van der Waals surface area contributed by atoms with E-state index in [0.717, 1.165) is 26.8 Å². The van der Waals surface area contributed by atoms with Crippen molar-refractivity contribution >= 4 is 38.2 Å². The zero-order valence-electron chi connectivity index (χ0n) is 8.00. The Morgan fingerprint density at radius 3 is 2.93 bits per heavy atom. The van der Waals surface area contributed by atoms with E-state index in [4.69, 9.17) is 0 Å². The predicted molar refractivity (Wildman–Crippen MR) is 62.2 cm³/mol. The average molecular weight is 252 g/mol. The Labute approximate surface area is 90.4 Å². The molecule has 0 bridgehead atoms. The zero-order valence-corrected chi connectivity index (χ0v) is 9.59. The van der Waals surface area contributed by atoms with Gasteiger partial charge >= 0.3 is 0 Å². The monoisotopic (exact) mass is 251 g/mol. The number of aromatic nitrogens is 2. The van der Waals surface area contributed by atoms with Gasteiger partial charge in [0.2, 0.25) is 0 Å². The minimum Gasteiger partial charge on any atom is -0.278 e. The fourth-order valence-electron chi connectivity index (χ4n) is 1.33. The Morgan fingerprint density at radius 2 is 2.21 bits per heavy atom. The van der Waals surface area contributed by atoms with Crippen LogP contribution in [0.25, 0.3) is 10.9 Å². The highest BCUT2D eigenvalue weighted by molar-refractivity contribution is 9.10. The first-order valence-corrected chi connectivity index (χ1v) is 5.10. The van der Waals surface area contributed by atoms with Crippen molar-refractivity contribution in [3.63, 3.8) is 0 Å². The third kappa shape index (κ3) is 1.70. The maximum Gasteiger partial charge on any atom is 0.0750 e. The van der Waals surface area contributed by atoms with Gasteiger partial charge in [0.1, 0.15) is 0 Å². The van der Waals surface area contributed by atoms with Gasteiger partial charge in [-0.1, -0.05) is 15.9 Å². The fourth-order valence-corrected chi connectivity index (χ4v) is 1.78. The number of H-pyrrole nitrogens is 1. The third-order valence-corrected chi connectivity index (χ3v) is 2.30. The number of rotatable bonds is 1. The van der Waals surface area contributed by atoms with Crippen LogP contribution in [0.3, 0.4) is 0 Å². The van der Waals surface area contributed by atoms with Gasteiger partial charge in [0.15, 0.2) is 0 Å². The molecule has 1 aromatic carbocycles. The zero-order chi connectivity index (χ0) is 10.1. The van der Waals surface area contributed by atoms with Crippen LogP contribution in [0, 0.1) is 0 Å². The summed E-state index contributed by atoms with van der Waals surface area (Å²) < 4.78 is 1.01. The molecule has 14 heavy (non-hydrogen) atoms. The van der Waals surface area contributed by atoms with Gasteiger partial charge in [-0.15, -0.1) is 0 Å². The van der Waals surface area contributed by atoms with Crippen LogP contribution in [0.5, 0.6) is 0 Å². The van der Waals surface area contributed by atoms with Crippen molar-refractivity contribution in [1.82, 2.24) is 10.2 Å². The molecule has 1 heterocycles. The fraction of sp³-hybridized carbons (Fsp3) is 0.200. The summed E-state index contributed by atoms with van der Waals surface area (Å²) in [4.78, 5) is 4.45. The SMILES string of the molecule is CC(C)=Nc1cc(Br)cc2[nH]ncc12. The summed E-state index contributed by atoms with van der Waals surface area (Å²) in [5, 5.41) is 7.97. The van der Waals surface area contributed by atoms with E-state index in [-0.39, 0.29) is 0 Å². The second kappa shape index (κ2) is 3.53. The van der Waals surface area contributed by atoms with Gasteiger partial charge in [0, 0.05) is 15.6 Å². The van der Waals surface area contributed by atoms with E-state index in [1.807, 2.05) is 26.0 Å². The van der Waals surface area contributed by atoms with Crippen LogP contribution in [0.4, 0.5) is 5.69 Å². The predicted octanol–water partition coefficient (Wildman–Crippen LogP) is 3.44. The van der Waals surface area contributed by atoms with Crippen LogP contribution in [-0.4, -0.2) is 15.9 Å². The molecule has 0 radical (unpaired) electrons. The molecule has 1 aromatic heterocycles. The molecule has 3 nitrogen and oxygen atoms in total. The summed E-state index contributed by atoms with van der Waals surface area (Å²) in [6, 6.07) is 3.98. The smallest absolute Gasteiger partial charge is 0.0750 e. The molecule has 72 valence electrons. The number of benzene rings is 1. The molecule has 0 aliphatic heterocycles. The molecular formula is C10H10BrN3. The Balaban J connectivity index is 2.73. The van der Waals surface area contributed by atoms with E-state index in [2.05, 4.69) is 31.1 Å². The van der Waals surface area contributed by atoms with Crippen molar-refractivity contribution in [3.8, 4) is 0 Å². The van der Waals surface area contributed by atoms with Gasteiger partial charge in [-0.2, -0.15) is 5.10 Å². The molecule has 0 atom stereocenters. The number of nitrogens with zero attached hydrogens (tertiary/aromatic N) is 2. The standard InChI is InChI=1S/C10H10BrN3/c1-6(2)13-9-3-7(11)4-10-8(9)5-12-14-10/h3-5H,1-2H3,(H,12,14). The summed E-state index contributed by atoms with van der Waals surface area (Å²) >= 11 is 3.44. The average Bonchev–Trinajstić information content (AvgIpc) is 2.50. The molecular weight excluding hydrogens is 242 g/mol. The molecule has 0 saturated carbocycles. The second-order valence-electron chi connectivity index (χ2n) is 3.32. The van der Waals surface area contributed by atoms with Gasteiger partial charge in [0.25, 0.3) is 0 Å². The van der Waals surface area contributed by atoms with Crippen molar-refractivity contribution in [3.05, 3.63) is 22.8 Å². The Bertz CT molecular complexity index is 495. The first-order valence-electron chi connectivity index (χ1n) is 4.31. The van der Waals surface area contributed by atoms with Crippen molar-refractivity contribution in [2.75, 3.05) is 0 Å². The molecule has 0 saturated heterocycles. The molecule has 2 rings (SSSR count). The molecule has 0 unspecified atom stereocenters. The number of nitrogens with one attached hydrogen (secondary N) is 1. The Hall–Kier alpha value is -1.16. The number of aromatic amines is 1. The number of aliphatic imine (C=N–C) groups is 1. The van der Waals surface area contributed by atoms with Crippen LogP contribution < -0.4 is 0 Å². The van der Waals surface area contributed by atoms with Crippen LogP contribution >= 0.6 is 15.9 Å². The van der Waals surface area contributed by atoms with E-state index < -0.39 is 0 Å². The highest BCUT2D eigenvalue weighted by atomic mass is 79.9. The lowest BCUT2D eigenvalue weighted by molar-refractivity contribution is 1.12. The minimum atomic E-state index is 0.947. The number of fused-ring (bicyclic) bond motifs is 1. The van der Waals surface area contributed by atoms with E-state index in [9.17, 15) is 0 Å². The Morgan fingerprint density at radius 1 is 1.43 bits per heavy atom. The molecule has 2 aromatic rings. The highest BCUT2D eigenvalue weighted by Crippen LogP contribution is 2.29. The van der Waals surface area contributed by atoms with E-state index in [1.54, 1.807) is 6.20 Å². The minimum absolute atomic E-state index is 0.947. The second-order valence-corrected chi connectivity index (χ2v) is 4.23. The summed E-state index contributed by atoms with van der Waals surface area (Å²) in [6.07, 6.45) is 1.80. The van der Waals surface area contributed by atoms with Crippen molar-refractivity contribution in [2.45, 2.75) is 13.8 Å². The maximum atomic E-state index is 4.45. The molecule has 0 amide bonds. The molecule has 0 aliphatic rings. The first kappa shape index (κ1) is 9.40. The normalized spacial score (nSPS) is 10.5. The van der Waals surface area contributed by atoms with Crippen molar-refractivity contribution < 1.29 is 0 Å². The quantitative estimate of drug-likeness (QED) is 0.776. The number of hydrogen-bond acceptors (Lipinski definition) is 2. The lowest BCUT2D eigenvalue weighted by Gasteiger charge is -1.98. The Kier molecular flexibility index (Phi) is 2.37. The van der Waals surface area contributed by atoms with Gasteiger partial charge in [-0.05, 0) is 26.0 Å². The molecule has 0 aliphatic carbocycles. The summed E-state index contributed by atoms with van der Waals surface area (Å²) in [5.74, 6) is 0. The van der Waals surface area contributed by atoms with E-state index in [1.165, 1.54) is 0 Å². The van der Waals surface area contributed by atoms with Crippen LogP contribution in [0.15, 0.2) is 27.8 Å². The maximum absolute atomic E-state index is 4.45. The van der Waals surface area contributed by atoms with Crippen molar-refractivity contribution in [2.24, 2.45) is 4.99 Å². The summed E-state index contributed by atoms with van der Waals surface area (Å²) in [6.45, 7) is 3.96. The molecule has 4 heteroatoms. The van der Waals surface area contributed by atoms with Crippen LogP contribution in [-0.2, 0) is 0 Å². The van der Waals surface area contributed by atoms with Crippen LogP contribution in [0.2, 0.25) is 0 Å². The van der Waals surface area contributed by atoms with E-state index in [0.29, 0.717) is 0 Å². The molecule has 1 N–H and O–H groups in total. The number of halogens is 1. The molecule has 0 spiro atoms.